The summed E-state index contributed by atoms with van der Waals surface area (Å²) in [6.45, 7) is 3.88. The van der Waals surface area contributed by atoms with Gasteiger partial charge in [0, 0.05) is 18.2 Å². The van der Waals surface area contributed by atoms with Crippen LogP contribution in [0.4, 0.5) is 4.39 Å². The van der Waals surface area contributed by atoms with Crippen LogP contribution in [-0.4, -0.2) is 19.7 Å². The predicted molar refractivity (Wildman–Crippen MR) is 56.0 cm³/mol. The van der Waals surface area contributed by atoms with Gasteiger partial charge in [0.05, 0.1) is 0 Å². The van der Waals surface area contributed by atoms with Gasteiger partial charge in [0.25, 0.3) is 5.56 Å². The molecule has 1 N–H and O–H groups in total. The van der Waals surface area contributed by atoms with Crippen molar-refractivity contribution in [1.82, 2.24) is 19.7 Å². The van der Waals surface area contributed by atoms with Crippen LogP contribution in [0.25, 0.3) is 5.69 Å². The first-order valence-corrected chi connectivity index (χ1v) is 4.88. The second-order valence-corrected chi connectivity index (χ2v) is 3.73. The van der Waals surface area contributed by atoms with Gasteiger partial charge in [-0.05, 0) is 0 Å². The highest BCUT2D eigenvalue weighted by atomic mass is 19.1. The molecular formula is C10H11FN4O. The fraction of sp³-hybridized carbons (Fsp3) is 0.300. The van der Waals surface area contributed by atoms with Gasteiger partial charge in [0.1, 0.15) is 17.8 Å². The summed E-state index contributed by atoms with van der Waals surface area (Å²) in [6, 6.07) is 1.12. The normalized spacial score (nSPS) is 11.0. The number of H-pyrrole nitrogens is 1. The number of hydrogen-bond donors (Lipinski definition) is 1. The molecule has 0 unspecified atom stereocenters. The van der Waals surface area contributed by atoms with Crippen LogP contribution < -0.4 is 5.56 Å². The van der Waals surface area contributed by atoms with Crippen molar-refractivity contribution < 1.29 is 4.39 Å². The Labute approximate surface area is 91.0 Å². The topological polar surface area (TPSA) is 63.6 Å². The average Bonchev–Trinajstić information content (AvgIpc) is 2.70. The summed E-state index contributed by atoms with van der Waals surface area (Å²) < 4.78 is 14.2. The smallest absolute Gasteiger partial charge is 0.274 e. The first kappa shape index (κ1) is 10.5. The lowest BCUT2D eigenvalue weighted by Crippen LogP contribution is -2.15. The Morgan fingerprint density at radius 1 is 1.50 bits per heavy atom. The minimum Gasteiger partial charge on any atom is -0.324 e. The second-order valence-electron chi connectivity index (χ2n) is 3.73. The highest BCUT2D eigenvalue weighted by molar-refractivity contribution is 5.26. The maximum absolute atomic E-state index is 13.0. The van der Waals surface area contributed by atoms with Crippen molar-refractivity contribution in [3.05, 3.63) is 40.6 Å². The molecular weight excluding hydrogens is 211 g/mol. The van der Waals surface area contributed by atoms with E-state index in [9.17, 15) is 9.18 Å². The zero-order valence-electron chi connectivity index (χ0n) is 8.94. The standard InChI is InChI=1S/C10H11FN4O/c1-6(2)9-13-5-15(14-9)8-3-7(11)4-12-10(8)16/h3-6H,1-2H3,(H,12,16). The van der Waals surface area contributed by atoms with Crippen LogP contribution in [0, 0.1) is 5.82 Å². The molecule has 0 atom stereocenters. The van der Waals surface area contributed by atoms with Crippen LogP contribution >= 0.6 is 0 Å². The van der Waals surface area contributed by atoms with E-state index in [0.29, 0.717) is 5.82 Å². The minimum absolute atomic E-state index is 0.124. The molecule has 5 nitrogen and oxygen atoms in total. The molecule has 0 aromatic carbocycles. The third-order valence-corrected chi connectivity index (χ3v) is 2.12. The van der Waals surface area contributed by atoms with E-state index < -0.39 is 11.4 Å². The summed E-state index contributed by atoms with van der Waals surface area (Å²) in [5.41, 5.74) is -0.277. The molecule has 0 saturated carbocycles. The zero-order chi connectivity index (χ0) is 11.7. The van der Waals surface area contributed by atoms with Crippen molar-refractivity contribution in [3.63, 3.8) is 0 Å². The molecule has 0 fully saturated rings. The SMILES string of the molecule is CC(C)c1ncn(-c2cc(F)c[nH]c2=O)n1. The van der Waals surface area contributed by atoms with Crippen LogP contribution in [0.2, 0.25) is 0 Å². The number of nitrogens with one attached hydrogen (secondary N) is 1. The lowest BCUT2D eigenvalue weighted by atomic mass is 10.2. The summed E-state index contributed by atoms with van der Waals surface area (Å²) in [4.78, 5) is 17.8. The molecule has 0 saturated heterocycles. The average molecular weight is 222 g/mol. The van der Waals surface area contributed by atoms with Gasteiger partial charge in [-0.15, -0.1) is 0 Å². The Bertz CT molecular complexity index is 558. The first-order chi connectivity index (χ1) is 7.58. The lowest BCUT2D eigenvalue weighted by molar-refractivity contribution is 0.616. The molecule has 2 aromatic heterocycles. The number of aromatic amines is 1. The number of pyridine rings is 1. The lowest BCUT2D eigenvalue weighted by Gasteiger charge is -1.99. The fourth-order valence-electron chi connectivity index (χ4n) is 1.27. The van der Waals surface area contributed by atoms with Crippen LogP contribution in [-0.2, 0) is 0 Å². The van der Waals surface area contributed by atoms with Gasteiger partial charge >= 0.3 is 0 Å². The molecule has 84 valence electrons. The van der Waals surface area contributed by atoms with Gasteiger partial charge in [-0.25, -0.2) is 14.1 Å². The molecule has 0 bridgehead atoms. The monoisotopic (exact) mass is 222 g/mol. The largest absolute Gasteiger partial charge is 0.324 e. The first-order valence-electron chi connectivity index (χ1n) is 4.88. The van der Waals surface area contributed by atoms with Crippen LogP contribution in [0.5, 0.6) is 0 Å². The molecule has 0 radical (unpaired) electrons. The molecule has 0 aliphatic rings. The van der Waals surface area contributed by atoms with E-state index in [1.807, 2.05) is 13.8 Å². The maximum Gasteiger partial charge on any atom is 0.274 e. The van der Waals surface area contributed by atoms with Crippen molar-refractivity contribution in [2.24, 2.45) is 0 Å². The molecule has 6 heteroatoms. The van der Waals surface area contributed by atoms with Crippen molar-refractivity contribution in [2.45, 2.75) is 19.8 Å². The molecule has 2 rings (SSSR count). The Hall–Kier alpha value is -1.98. The van der Waals surface area contributed by atoms with E-state index in [0.717, 1.165) is 12.3 Å². The van der Waals surface area contributed by atoms with Crippen molar-refractivity contribution in [2.75, 3.05) is 0 Å². The number of halogens is 1. The number of aromatic nitrogens is 4. The molecule has 2 heterocycles. The van der Waals surface area contributed by atoms with Gasteiger partial charge in [-0.2, -0.15) is 5.10 Å². The van der Waals surface area contributed by atoms with Crippen LogP contribution in [0.3, 0.4) is 0 Å². The number of hydrogen-bond acceptors (Lipinski definition) is 3. The second kappa shape index (κ2) is 3.88. The van der Waals surface area contributed by atoms with E-state index >= 15 is 0 Å². The Morgan fingerprint density at radius 2 is 2.25 bits per heavy atom. The third-order valence-electron chi connectivity index (χ3n) is 2.12. The van der Waals surface area contributed by atoms with E-state index in [1.54, 1.807) is 0 Å². The van der Waals surface area contributed by atoms with Crippen LogP contribution in [0.15, 0.2) is 23.4 Å². The number of nitrogens with zero attached hydrogens (tertiary/aromatic N) is 3. The molecule has 0 aliphatic carbocycles. The van der Waals surface area contributed by atoms with Gasteiger partial charge < -0.3 is 4.98 Å². The molecule has 2 aromatic rings. The summed E-state index contributed by atoms with van der Waals surface area (Å²) in [7, 11) is 0. The third kappa shape index (κ3) is 1.86. The van der Waals surface area contributed by atoms with Gasteiger partial charge in [0.15, 0.2) is 5.82 Å². The summed E-state index contributed by atoms with van der Waals surface area (Å²) in [5.74, 6) is 0.258. The maximum atomic E-state index is 13.0. The number of rotatable bonds is 2. The van der Waals surface area contributed by atoms with Crippen molar-refractivity contribution >= 4 is 0 Å². The Morgan fingerprint density at radius 3 is 2.88 bits per heavy atom. The predicted octanol–water partition coefficient (Wildman–Crippen LogP) is 1.22. The van der Waals surface area contributed by atoms with Crippen LogP contribution in [0.1, 0.15) is 25.6 Å². The zero-order valence-corrected chi connectivity index (χ0v) is 8.94. The van der Waals surface area contributed by atoms with E-state index in [-0.39, 0.29) is 11.6 Å². The van der Waals surface area contributed by atoms with Gasteiger partial charge in [-0.1, -0.05) is 13.8 Å². The quantitative estimate of drug-likeness (QED) is 0.830. The van der Waals surface area contributed by atoms with Gasteiger partial charge in [0.2, 0.25) is 0 Å². The molecule has 0 spiro atoms. The van der Waals surface area contributed by atoms with E-state index in [4.69, 9.17) is 0 Å². The Balaban J connectivity index is 2.50. The van der Waals surface area contributed by atoms with Crippen molar-refractivity contribution in [3.8, 4) is 5.69 Å². The highest BCUT2D eigenvalue weighted by Crippen LogP contribution is 2.09. The summed E-state index contributed by atoms with van der Waals surface area (Å²) in [6.07, 6.45) is 2.41. The van der Waals surface area contributed by atoms with E-state index in [2.05, 4.69) is 15.1 Å². The summed E-state index contributed by atoms with van der Waals surface area (Å²) in [5, 5.41) is 4.10. The Kier molecular flexibility index (Phi) is 2.55. The molecule has 0 amide bonds. The fourth-order valence-corrected chi connectivity index (χ4v) is 1.27. The minimum atomic E-state index is -0.517. The molecule has 16 heavy (non-hydrogen) atoms. The van der Waals surface area contributed by atoms with Crippen molar-refractivity contribution in [1.29, 1.82) is 0 Å². The molecule has 0 aliphatic heterocycles. The van der Waals surface area contributed by atoms with E-state index in [1.165, 1.54) is 11.0 Å². The highest BCUT2D eigenvalue weighted by Gasteiger charge is 2.09. The summed E-state index contributed by atoms with van der Waals surface area (Å²) >= 11 is 0. The van der Waals surface area contributed by atoms with Gasteiger partial charge in [-0.3, -0.25) is 4.79 Å².